The van der Waals surface area contributed by atoms with Gasteiger partial charge in [-0.25, -0.2) is 9.97 Å². The summed E-state index contributed by atoms with van der Waals surface area (Å²) in [5.74, 6) is 1.75. The molecule has 4 nitrogen and oxygen atoms in total. The second kappa shape index (κ2) is 4.98. The van der Waals surface area contributed by atoms with E-state index in [1.165, 1.54) is 18.7 Å². The molecule has 0 radical (unpaired) electrons. The molecule has 1 fully saturated rings. The molecule has 0 spiro atoms. The van der Waals surface area contributed by atoms with Crippen molar-refractivity contribution in [1.29, 1.82) is 0 Å². The number of nitrogens with one attached hydrogen (secondary N) is 1. The largest absolute Gasteiger partial charge is 0.329 e. The van der Waals surface area contributed by atoms with Gasteiger partial charge in [0.25, 0.3) is 0 Å². The SMILES string of the molecule is c1cn(Cc2cscn2)c([C@@H]2CCCNC2)n1. The van der Waals surface area contributed by atoms with Crippen molar-refractivity contribution < 1.29 is 0 Å². The summed E-state index contributed by atoms with van der Waals surface area (Å²) in [5, 5.41) is 5.54. The van der Waals surface area contributed by atoms with Gasteiger partial charge in [0.2, 0.25) is 0 Å². The lowest BCUT2D eigenvalue weighted by Crippen LogP contribution is -2.30. The Balaban J connectivity index is 1.78. The highest BCUT2D eigenvalue weighted by Gasteiger charge is 2.19. The topological polar surface area (TPSA) is 42.7 Å². The van der Waals surface area contributed by atoms with E-state index < -0.39 is 0 Å². The van der Waals surface area contributed by atoms with Crippen molar-refractivity contribution in [1.82, 2.24) is 19.9 Å². The van der Waals surface area contributed by atoms with E-state index in [4.69, 9.17) is 0 Å². The van der Waals surface area contributed by atoms with Gasteiger partial charge in [-0.15, -0.1) is 11.3 Å². The molecule has 2 aromatic heterocycles. The maximum atomic E-state index is 4.52. The van der Waals surface area contributed by atoms with Gasteiger partial charge in [0.05, 0.1) is 17.7 Å². The third-order valence-corrected chi connectivity index (χ3v) is 3.86. The van der Waals surface area contributed by atoms with Crippen molar-refractivity contribution in [2.24, 2.45) is 0 Å². The average molecular weight is 248 g/mol. The molecule has 1 N–H and O–H groups in total. The molecular formula is C12H16N4S. The van der Waals surface area contributed by atoms with E-state index >= 15 is 0 Å². The fourth-order valence-electron chi connectivity index (χ4n) is 2.38. The average Bonchev–Trinajstić information content (AvgIpc) is 3.02. The van der Waals surface area contributed by atoms with Crippen LogP contribution >= 0.6 is 11.3 Å². The predicted molar refractivity (Wildman–Crippen MR) is 68.3 cm³/mol. The maximum absolute atomic E-state index is 4.52. The van der Waals surface area contributed by atoms with Crippen LogP contribution in [0.1, 0.15) is 30.3 Å². The molecule has 1 aliphatic heterocycles. The molecule has 2 aromatic rings. The number of rotatable bonds is 3. The first-order valence-corrected chi connectivity index (χ1v) is 6.96. The number of hydrogen-bond donors (Lipinski definition) is 1. The van der Waals surface area contributed by atoms with E-state index in [2.05, 4.69) is 31.4 Å². The van der Waals surface area contributed by atoms with Crippen LogP contribution in [0.4, 0.5) is 0 Å². The van der Waals surface area contributed by atoms with Crippen LogP contribution in [0, 0.1) is 0 Å². The highest BCUT2D eigenvalue weighted by atomic mass is 32.1. The molecule has 5 heteroatoms. The molecule has 1 aliphatic rings. The molecule has 0 aromatic carbocycles. The van der Waals surface area contributed by atoms with E-state index in [-0.39, 0.29) is 0 Å². The van der Waals surface area contributed by atoms with Crippen LogP contribution in [-0.4, -0.2) is 27.6 Å². The van der Waals surface area contributed by atoms with Gasteiger partial charge in [0.15, 0.2) is 0 Å². The lowest BCUT2D eigenvalue weighted by atomic mass is 9.99. The lowest BCUT2D eigenvalue weighted by Gasteiger charge is -2.22. The van der Waals surface area contributed by atoms with E-state index in [1.807, 2.05) is 11.7 Å². The Morgan fingerprint density at radius 1 is 1.47 bits per heavy atom. The lowest BCUT2D eigenvalue weighted by molar-refractivity contribution is 0.435. The van der Waals surface area contributed by atoms with Gasteiger partial charge in [0.1, 0.15) is 5.82 Å². The van der Waals surface area contributed by atoms with Gasteiger partial charge in [-0.1, -0.05) is 0 Å². The van der Waals surface area contributed by atoms with Crippen LogP contribution in [0.15, 0.2) is 23.3 Å². The van der Waals surface area contributed by atoms with Crippen molar-refractivity contribution in [3.8, 4) is 0 Å². The van der Waals surface area contributed by atoms with Crippen molar-refractivity contribution in [2.75, 3.05) is 13.1 Å². The van der Waals surface area contributed by atoms with Gasteiger partial charge in [-0.2, -0.15) is 0 Å². The minimum absolute atomic E-state index is 0.553. The Morgan fingerprint density at radius 2 is 2.47 bits per heavy atom. The minimum atomic E-state index is 0.553. The predicted octanol–water partition coefficient (Wildman–Crippen LogP) is 1.85. The molecule has 1 atom stereocenters. The highest BCUT2D eigenvalue weighted by molar-refractivity contribution is 7.07. The zero-order valence-corrected chi connectivity index (χ0v) is 10.5. The summed E-state index contributed by atoms with van der Waals surface area (Å²) in [5.41, 5.74) is 3.01. The summed E-state index contributed by atoms with van der Waals surface area (Å²) in [6, 6.07) is 0. The summed E-state index contributed by atoms with van der Waals surface area (Å²) in [6.45, 7) is 3.03. The Labute approximate surface area is 105 Å². The molecular weight excluding hydrogens is 232 g/mol. The van der Waals surface area contributed by atoms with Crippen LogP contribution in [0.3, 0.4) is 0 Å². The highest BCUT2D eigenvalue weighted by Crippen LogP contribution is 2.22. The number of thiazole rings is 1. The monoisotopic (exact) mass is 248 g/mol. The zero-order valence-electron chi connectivity index (χ0n) is 9.67. The summed E-state index contributed by atoms with van der Waals surface area (Å²) in [6.07, 6.45) is 6.44. The van der Waals surface area contributed by atoms with Crippen molar-refractivity contribution >= 4 is 11.3 Å². The van der Waals surface area contributed by atoms with Crippen molar-refractivity contribution in [3.05, 3.63) is 34.8 Å². The van der Waals surface area contributed by atoms with Gasteiger partial charge >= 0.3 is 0 Å². The molecule has 3 heterocycles. The molecule has 0 aliphatic carbocycles. The van der Waals surface area contributed by atoms with Crippen molar-refractivity contribution in [3.63, 3.8) is 0 Å². The molecule has 17 heavy (non-hydrogen) atoms. The Morgan fingerprint density at radius 3 is 3.24 bits per heavy atom. The number of imidazole rings is 1. The van der Waals surface area contributed by atoms with Gasteiger partial charge in [-0.3, -0.25) is 0 Å². The van der Waals surface area contributed by atoms with E-state index in [0.717, 1.165) is 25.3 Å². The van der Waals surface area contributed by atoms with E-state index in [0.29, 0.717) is 5.92 Å². The molecule has 0 amide bonds. The number of hydrogen-bond acceptors (Lipinski definition) is 4. The summed E-state index contributed by atoms with van der Waals surface area (Å²) >= 11 is 1.65. The molecule has 0 bridgehead atoms. The summed E-state index contributed by atoms with van der Waals surface area (Å²) in [7, 11) is 0. The first-order chi connectivity index (χ1) is 8.43. The van der Waals surface area contributed by atoms with Crippen LogP contribution < -0.4 is 5.32 Å². The quantitative estimate of drug-likeness (QED) is 0.901. The fraction of sp³-hybridized carbons (Fsp3) is 0.500. The van der Waals surface area contributed by atoms with Crippen molar-refractivity contribution in [2.45, 2.75) is 25.3 Å². The Kier molecular flexibility index (Phi) is 3.20. The van der Waals surface area contributed by atoms with E-state index in [1.54, 1.807) is 11.3 Å². The summed E-state index contributed by atoms with van der Waals surface area (Å²) in [4.78, 5) is 8.85. The third kappa shape index (κ3) is 2.40. The molecule has 3 rings (SSSR count). The van der Waals surface area contributed by atoms with Crippen LogP contribution in [0.2, 0.25) is 0 Å². The maximum Gasteiger partial charge on any atom is 0.113 e. The molecule has 0 unspecified atom stereocenters. The molecule has 90 valence electrons. The second-order valence-corrected chi connectivity index (χ2v) is 5.16. The van der Waals surface area contributed by atoms with Gasteiger partial charge < -0.3 is 9.88 Å². The standard InChI is InChI=1S/C12H16N4S/c1-2-10(6-13-3-1)12-14-4-5-16(12)7-11-8-17-9-15-11/h4-5,8-10,13H,1-3,6-7H2/t10-/m1/s1. The fourth-order valence-corrected chi connectivity index (χ4v) is 2.93. The molecule has 1 saturated heterocycles. The van der Waals surface area contributed by atoms with Crippen LogP contribution in [-0.2, 0) is 6.54 Å². The molecule has 0 saturated carbocycles. The first-order valence-electron chi connectivity index (χ1n) is 6.02. The van der Waals surface area contributed by atoms with E-state index in [9.17, 15) is 0 Å². The van der Waals surface area contributed by atoms with Gasteiger partial charge in [-0.05, 0) is 19.4 Å². The Bertz CT molecular complexity index is 457. The van der Waals surface area contributed by atoms with Crippen LogP contribution in [0.25, 0.3) is 0 Å². The first kappa shape index (κ1) is 10.9. The van der Waals surface area contributed by atoms with Gasteiger partial charge in [0, 0.05) is 30.2 Å². The third-order valence-electron chi connectivity index (χ3n) is 3.23. The summed E-state index contributed by atoms with van der Waals surface area (Å²) < 4.78 is 2.23. The normalized spacial score (nSPS) is 20.6. The second-order valence-electron chi connectivity index (χ2n) is 4.44. The number of nitrogens with zero attached hydrogens (tertiary/aromatic N) is 3. The number of aromatic nitrogens is 3. The Hall–Kier alpha value is -1.20. The van der Waals surface area contributed by atoms with Crippen LogP contribution in [0.5, 0.6) is 0 Å². The minimum Gasteiger partial charge on any atom is -0.329 e. The number of piperidine rings is 1. The smallest absolute Gasteiger partial charge is 0.113 e. The zero-order chi connectivity index (χ0) is 11.5.